The van der Waals surface area contributed by atoms with E-state index in [4.69, 9.17) is 0 Å². The van der Waals surface area contributed by atoms with Crippen LogP contribution in [0.1, 0.15) is 58.8 Å². The Hall–Kier alpha value is -0.370. The number of rotatable bonds is 4. The van der Waals surface area contributed by atoms with Crippen LogP contribution in [0.25, 0.3) is 0 Å². The van der Waals surface area contributed by atoms with E-state index in [1.165, 1.54) is 12.8 Å². The molecule has 0 aromatic rings. The zero-order valence-corrected chi connectivity index (χ0v) is 11.4. The van der Waals surface area contributed by atoms with Crippen molar-refractivity contribution in [2.75, 3.05) is 13.1 Å². The van der Waals surface area contributed by atoms with E-state index >= 15 is 0 Å². The van der Waals surface area contributed by atoms with E-state index < -0.39 is 0 Å². The third-order valence-electron chi connectivity index (χ3n) is 4.88. The summed E-state index contributed by atoms with van der Waals surface area (Å²) in [5.74, 6) is 1.80. The Kier molecular flexibility index (Phi) is 4.24. The van der Waals surface area contributed by atoms with E-state index in [-0.39, 0.29) is 5.41 Å². The van der Waals surface area contributed by atoms with Crippen molar-refractivity contribution in [2.45, 2.75) is 58.8 Å². The molecule has 1 aliphatic heterocycles. The molecule has 2 aliphatic rings. The predicted molar refractivity (Wildman–Crippen MR) is 71.0 cm³/mol. The minimum absolute atomic E-state index is 0.00000520. The molecule has 2 nitrogen and oxygen atoms in total. The van der Waals surface area contributed by atoms with Crippen LogP contribution in [0.2, 0.25) is 0 Å². The van der Waals surface area contributed by atoms with Gasteiger partial charge in [0, 0.05) is 17.9 Å². The third kappa shape index (κ3) is 2.73. The lowest BCUT2D eigenvalue weighted by Crippen LogP contribution is -2.39. The molecular weight excluding hydrogens is 210 g/mol. The van der Waals surface area contributed by atoms with Crippen LogP contribution in [0, 0.1) is 17.3 Å². The van der Waals surface area contributed by atoms with Gasteiger partial charge in [0.15, 0.2) is 0 Å². The number of ketones is 1. The molecule has 1 atom stereocenters. The van der Waals surface area contributed by atoms with Crippen molar-refractivity contribution in [1.29, 1.82) is 0 Å². The zero-order chi connectivity index (χ0) is 12.3. The topological polar surface area (TPSA) is 29.1 Å². The number of Topliss-reactive ketones (excluding diaryl/α,β-unsaturated/α-hetero) is 1. The maximum Gasteiger partial charge on any atom is 0.143 e. The summed E-state index contributed by atoms with van der Waals surface area (Å²) in [5.41, 5.74) is -0.00000520. The number of hydrogen-bond acceptors (Lipinski definition) is 2. The van der Waals surface area contributed by atoms with Gasteiger partial charge in [-0.15, -0.1) is 0 Å². The Morgan fingerprint density at radius 1 is 1.29 bits per heavy atom. The Balaban J connectivity index is 2.01. The van der Waals surface area contributed by atoms with Crippen molar-refractivity contribution >= 4 is 5.78 Å². The molecule has 1 saturated heterocycles. The average molecular weight is 237 g/mol. The highest BCUT2D eigenvalue weighted by atomic mass is 16.1. The molecule has 1 unspecified atom stereocenters. The lowest BCUT2D eigenvalue weighted by atomic mass is 9.69. The molecule has 2 fully saturated rings. The number of carbonyl (C=O) groups is 1. The molecule has 1 aliphatic carbocycles. The Morgan fingerprint density at radius 3 is 2.53 bits per heavy atom. The fourth-order valence-corrected chi connectivity index (χ4v) is 3.72. The van der Waals surface area contributed by atoms with E-state index in [0.717, 1.165) is 51.1 Å². The smallest absolute Gasteiger partial charge is 0.143 e. The number of nitrogens with one attached hydrogen (secondary N) is 1. The minimum Gasteiger partial charge on any atom is -0.316 e. The molecule has 0 radical (unpaired) electrons. The SMILES string of the molecule is CCCC1(C(=O)C2CCC(C)CC2)CCNC1. The molecule has 0 spiro atoms. The van der Waals surface area contributed by atoms with Crippen LogP contribution in [-0.2, 0) is 4.79 Å². The first-order valence-electron chi connectivity index (χ1n) is 7.43. The summed E-state index contributed by atoms with van der Waals surface area (Å²) in [7, 11) is 0. The van der Waals surface area contributed by atoms with Gasteiger partial charge in [0.1, 0.15) is 5.78 Å². The normalized spacial score (nSPS) is 38.2. The summed E-state index contributed by atoms with van der Waals surface area (Å²) in [4.78, 5) is 12.8. The first-order valence-corrected chi connectivity index (χ1v) is 7.43. The fourth-order valence-electron chi connectivity index (χ4n) is 3.72. The van der Waals surface area contributed by atoms with Crippen LogP contribution in [-0.4, -0.2) is 18.9 Å². The summed E-state index contributed by atoms with van der Waals surface area (Å²) in [6.07, 6.45) is 8.10. The van der Waals surface area contributed by atoms with Gasteiger partial charge in [0.25, 0.3) is 0 Å². The summed E-state index contributed by atoms with van der Waals surface area (Å²) < 4.78 is 0. The molecule has 2 heteroatoms. The molecule has 1 saturated carbocycles. The third-order valence-corrected chi connectivity index (χ3v) is 4.88. The molecule has 1 heterocycles. The van der Waals surface area contributed by atoms with E-state index in [2.05, 4.69) is 19.2 Å². The molecule has 17 heavy (non-hydrogen) atoms. The minimum atomic E-state index is -0.00000520. The van der Waals surface area contributed by atoms with Crippen molar-refractivity contribution in [3.63, 3.8) is 0 Å². The quantitative estimate of drug-likeness (QED) is 0.813. The lowest BCUT2D eigenvalue weighted by molar-refractivity contribution is -0.133. The van der Waals surface area contributed by atoms with Gasteiger partial charge in [-0.1, -0.05) is 33.1 Å². The standard InChI is InChI=1S/C15H27NO/c1-3-8-15(9-10-16-11-15)14(17)13-6-4-12(2)5-7-13/h12-13,16H,3-11H2,1-2H3. The average Bonchev–Trinajstić information content (AvgIpc) is 2.79. The largest absolute Gasteiger partial charge is 0.316 e. The Bertz CT molecular complexity index is 260. The van der Waals surface area contributed by atoms with Crippen molar-refractivity contribution in [3.8, 4) is 0 Å². The van der Waals surface area contributed by atoms with E-state index in [1.54, 1.807) is 0 Å². The highest BCUT2D eigenvalue weighted by Gasteiger charge is 2.43. The molecule has 1 N–H and O–H groups in total. The molecule has 0 aromatic heterocycles. The van der Waals surface area contributed by atoms with Crippen LogP contribution in [0.15, 0.2) is 0 Å². The van der Waals surface area contributed by atoms with Gasteiger partial charge < -0.3 is 5.32 Å². The maximum absolute atomic E-state index is 12.8. The first-order chi connectivity index (χ1) is 8.18. The fraction of sp³-hybridized carbons (Fsp3) is 0.933. The zero-order valence-electron chi connectivity index (χ0n) is 11.4. The summed E-state index contributed by atoms with van der Waals surface area (Å²) >= 11 is 0. The van der Waals surface area contributed by atoms with Crippen LogP contribution in [0.3, 0.4) is 0 Å². The van der Waals surface area contributed by atoms with Gasteiger partial charge in [-0.25, -0.2) is 0 Å². The Labute approximate surface area is 106 Å². The van der Waals surface area contributed by atoms with Gasteiger partial charge >= 0.3 is 0 Å². The van der Waals surface area contributed by atoms with E-state index in [0.29, 0.717) is 11.7 Å². The molecule has 2 rings (SSSR count). The molecular formula is C15H27NO. The summed E-state index contributed by atoms with van der Waals surface area (Å²) in [5, 5.41) is 3.41. The second kappa shape index (κ2) is 5.51. The maximum atomic E-state index is 12.8. The van der Waals surface area contributed by atoms with Crippen molar-refractivity contribution in [2.24, 2.45) is 17.3 Å². The van der Waals surface area contributed by atoms with Gasteiger partial charge in [-0.05, 0) is 38.1 Å². The number of hydrogen-bond donors (Lipinski definition) is 1. The molecule has 0 bridgehead atoms. The van der Waals surface area contributed by atoms with Gasteiger partial charge in [0.2, 0.25) is 0 Å². The van der Waals surface area contributed by atoms with Crippen LogP contribution < -0.4 is 5.32 Å². The van der Waals surface area contributed by atoms with Gasteiger partial charge in [-0.2, -0.15) is 0 Å². The van der Waals surface area contributed by atoms with Crippen LogP contribution >= 0.6 is 0 Å². The van der Waals surface area contributed by atoms with Crippen LogP contribution in [0.4, 0.5) is 0 Å². The number of carbonyl (C=O) groups excluding carboxylic acids is 1. The van der Waals surface area contributed by atoms with Crippen molar-refractivity contribution in [1.82, 2.24) is 5.32 Å². The van der Waals surface area contributed by atoms with Gasteiger partial charge in [0.05, 0.1) is 0 Å². The molecule has 98 valence electrons. The highest BCUT2D eigenvalue weighted by molar-refractivity contribution is 5.87. The lowest BCUT2D eigenvalue weighted by Gasteiger charge is -2.34. The van der Waals surface area contributed by atoms with Crippen LogP contribution in [0.5, 0.6) is 0 Å². The first kappa shape index (κ1) is 13.1. The van der Waals surface area contributed by atoms with E-state index in [9.17, 15) is 4.79 Å². The second-order valence-corrected chi connectivity index (χ2v) is 6.28. The van der Waals surface area contributed by atoms with E-state index in [1.807, 2.05) is 0 Å². The van der Waals surface area contributed by atoms with Crippen molar-refractivity contribution < 1.29 is 4.79 Å². The van der Waals surface area contributed by atoms with Crippen molar-refractivity contribution in [3.05, 3.63) is 0 Å². The highest BCUT2D eigenvalue weighted by Crippen LogP contribution is 2.39. The Morgan fingerprint density at radius 2 is 2.00 bits per heavy atom. The second-order valence-electron chi connectivity index (χ2n) is 6.28. The summed E-state index contributed by atoms with van der Waals surface area (Å²) in [6.45, 7) is 6.50. The molecule has 0 amide bonds. The molecule has 0 aromatic carbocycles. The monoisotopic (exact) mass is 237 g/mol. The predicted octanol–water partition coefficient (Wildman–Crippen LogP) is 3.16. The van der Waals surface area contributed by atoms with Gasteiger partial charge in [-0.3, -0.25) is 4.79 Å². The summed E-state index contributed by atoms with van der Waals surface area (Å²) in [6, 6.07) is 0.